The molecule has 0 radical (unpaired) electrons. The van der Waals surface area contributed by atoms with E-state index in [-0.39, 0.29) is 5.78 Å². The SMILES string of the molecule is COC(OC)C1=CCCCC1=O. The number of Topliss-reactive ketones (excluding diaryl/α,β-unsaturated/α-hetero) is 1. The van der Waals surface area contributed by atoms with E-state index < -0.39 is 6.29 Å². The minimum atomic E-state index is -0.474. The Bertz CT molecular complexity index is 192. The summed E-state index contributed by atoms with van der Waals surface area (Å²) in [4.78, 5) is 11.3. The van der Waals surface area contributed by atoms with Gasteiger partial charge >= 0.3 is 0 Å². The quantitative estimate of drug-likeness (QED) is 0.598. The van der Waals surface area contributed by atoms with Crippen LogP contribution in [-0.4, -0.2) is 26.3 Å². The van der Waals surface area contributed by atoms with E-state index in [9.17, 15) is 4.79 Å². The number of ketones is 1. The van der Waals surface area contributed by atoms with Gasteiger partial charge in [0.15, 0.2) is 12.1 Å². The monoisotopic (exact) mass is 170 g/mol. The van der Waals surface area contributed by atoms with E-state index in [1.54, 1.807) is 0 Å². The summed E-state index contributed by atoms with van der Waals surface area (Å²) in [6, 6.07) is 0. The van der Waals surface area contributed by atoms with Crippen molar-refractivity contribution in [3.05, 3.63) is 11.6 Å². The highest BCUT2D eigenvalue weighted by atomic mass is 16.7. The van der Waals surface area contributed by atoms with Crippen LogP contribution < -0.4 is 0 Å². The van der Waals surface area contributed by atoms with E-state index in [1.807, 2.05) is 6.08 Å². The van der Waals surface area contributed by atoms with Crippen LogP contribution in [0, 0.1) is 0 Å². The van der Waals surface area contributed by atoms with Gasteiger partial charge in [0.2, 0.25) is 0 Å². The van der Waals surface area contributed by atoms with Crippen LogP contribution in [0.3, 0.4) is 0 Å². The van der Waals surface area contributed by atoms with Crippen LogP contribution in [0.1, 0.15) is 19.3 Å². The first-order chi connectivity index (χ1) is 5.79. The maximum absolute atomic E-state index is 11.3. The number of ether oxygens (including phenoxy) is 2. The Labute approximate surface area is 72.4 Å². The van der Waals surface area contributed by atoms with E-state index in [1.165, 1.54) is 14.2 Å². The number of hydrogen-bond acceptors (Lipinski definition) is 3. The van der Waals surface area contributed by atoms with Crippen LogP contribution in [0.15, 0.2) is 11.6 Å². The molecule has 0 bridgehead atoms. The third-order valence-electron chi connectivity index (χ3n) is 1.98. The molecule has 0 N–H and O–H groups in total. The fourth-order valence-corrected chi connectivity index (χ4v) is 1.36. The average molecular weight is 170 g/mol. The summed E-state index contributed by atoms with van der Waals surface area (Å²) in [6.45, 7) is 0. The van der Waals surface area contributed by atoms with Gasteiger partial charge in [-0.1, -0.05) is 6.08 Å². The predicted molar refractivity (Wildman–Crippen MR) is 44.7 cm³/mol. The zero-order valence-electron chi connectivity index (χ0n) is 7.50. The first-order valence-electron chi connectivity index (χ1n) is 4.08. The van der Waals surface area contributed by atoms with Crippen molar-refractivity contribution in [3.63, 3.8) is 0 Å². The van der Waals surface area contributed by atoms with E-state index in [0.717, 1.165) is 12.8 Å². The van der Waals surface area contributed by atoms with Crippen molar-refractivity contribution in [1.82, 2.24) is 0 Å². The molecule has 0 aromatic heterocycles. The number of carbonyl (C=O) groups excluding carboxylic acids is 1. The van der Waals surface area contributed by atoms with Crippen LogP contribution in [0.5, 0.6) is 0 Å². The fraction of sp³-hybridized carbons (Fsp3) is 0.667. The van der Waals surface area contributed by atoms with Crippen LogP contribution in [0.4, 0.5) is 0 Å². The maximum atomic E-state index is 11.3. The Morgan fingerprint density at radius 2 is 2.08 bits per heavy atom. The van der Waals surface area contributed by atoms with Crippen molar-refractivity contribution in [1.29, 1.82) is 0 Å². The summed E-state index contributed by atoms with van der Waals surface area (Å²) in [5.41, 5.74) is 0.672. The summed E-state index contributed by atoms with van der Waals surface area (Å²) < 4.78 is 10.00. The Hall–Kier alpha value is -0.670. The molecule has 12 heavy (non-hydrogen) atoms. The number of methoxy groups -OCH3 is 2. The summed E-state index contributed by atoms with van der Waals surface area (Å²) >= 11 is 0. The average Bonchev–Trinajstić information content (AvgIpc) is 2.10. The van der Waals surface area contributed by atoms with Gasteiger partial charge in [-0.3, -0.25) is 4.79 Å². The zero-order valence-corrected chi connectivity index (χ0v) is 7.50. The van der Waals surface area contributed by atoms with Gasteiger partial charge in [0.1, 0.15) is 0 Å². The summed E-state index contributed by atoms with van der Waals surface area (Å²) in [7, 11) is 3.08. The summed E-state index contributed by atoms with van der Waals surface area (Å²) in [5.74, 6) is 0.148. The van der Waals surface area contributed by atoms with Gasteiger partial charge in [-0.2, -0.15) is 0 Å². The smallest absolute Gasteiger partial charge is 0.186 e. The standard InChI is InChI=1S/C9H14O3/c1-11-9(12-2)7-5-3-4-6-8(7)10/h5,9H,3-4,6H2,1-2H3. The fourth-order valence-electron chi connectivity index (χ4n) is 1.36. The number of hydrogen-bond donors (Lipinski definition) is 0. The molecule has 1 aliphatic rings. The van der Waals surface area contributed by atoms with Crippen molar-refractivity contribution in [3.8, 4) is 0 Å². The van der Waals surface area contributed by atoms with Crippen molar-refractivity contribution in [2.24, 2.45) is 0 Å². The highest BCUT2D eigenvalue weighted by molar-refractivity contribution is 5.96. The lowest BCUT2D eigenvalue weighted by Gasteiger charge is -2.18. The summed E-state index contributed by atoms with van der Waals surface area (Å²) in [6.07, 6.45) is 3.95. The van der Waals surface area contributed by atoms with Crippen molar-refractivity contribution in [2.45, 2.75) is 25.6 Å². The minimum Gasteiger partial charge on any atom is -0.352 e. The molecule has 0 aromatic carbocycles. The molecule has 0 atom stereocenters. The molecule has 0 heterocycles. The van der Waals surface area contributed by atoms with E-state index >= 15 is 0 Å². The molecule has 0 spiro atoms. The van der Waals surface area contributed by atoms with Crippen LogP contribution in [0.2, 0.25) is 0 Å². The topological polar surface area (TPSA) is 35.5 Å². The molecular formula is C9H14O3. The second-order valence-electron chi connectivity index (χ2n) is 2.78. The molecule has 0 fully saturated rings. The second kappa shape index (κ2) is 4.38. The molecule has 1 rings (SSSR count). The molecule has 0 saturated heterocycles. The number of allylic oxidation sites excluding steroid dienone is 1. The molecule has 0 unspecified atom stereocenters. The van der Waals surface area contributed by atoms with Gasteiger partial charge in [-0.25, -0.2) is 0 Å². The third-order valence-corrected chi connectivity index (χ3v) is 1.98. The molecule has 0 aromatic rings. The van der Waals surface area contributed by atoms with Crippen molar-refractivity contribution in [2.75, 3.05) is 14.2 Å². The van der Waals surface area contributed by atoms with Crippen molar-refractivity contribution < 1.29 is 14.3 Å². The predicted octanol–water partition coefficient (Wildman–Crippen LogP) is 1.28. The molecule has 0 saturated carbocycles. The lowest BCUT2D eigenvalue weighted by Crippen LogP contribution is -2.23. The number of carbonyl (C=O) groups is 1. The van der Waals surface area contributed by atoms with Crippen molar-refractivity contribution >= 4 is 5.78 Å². The van der Waals surface area contributed by atoms with Crippen LogP contribution >= 0.6 is 0 Å². The van der Waals surface area contributed by atoms with Gasteiger partial charge in [0.25, 0.3) is 0 Å². The Morgan fingerprint density at radius 3 is 2.58 bits per heavy atom. The highest BCUT2D eigenvalue weighted by Crippen LogP contribution is 2.18. The van der Waals surface area contributed by atoms with Crippen LogP contribution in [-0.2, 0) is 14.3 Å². The van der Waals surface area contributed by atoms with Gasteiger partial charge in [-0.15, -0.1) is 0 Å². The molecule has 3 nitrogen and oxygen atoms in total. The Balaban J connectivity index is 2.69. The molecular weight excluding hydrogens is 156 g/mol. The van der Waals surface area contributed by atoms with E-state index in [4.69, 9.17) is 9.47 Å². The first-order valence-corrected chi connectivity index (χ1v) is 4.08. The van der Waals surface area contributed by atoms with Gasteiger partial charge < -0.3 is 9.47 Å². The minimum absolute atomic E-state index is 0.148. The Morgan fingerprint density at radius 1 is 1.42 bits per heavy atom. The second-order valence-corrected chi connectivity index (χ2v) is 2.78. The lowest BCUT2D eigenvalue weighted by molar-refractivity contribution is -0.124. The molecule has 3 heteroatoms. The van der Waals surface area contributed by atoms with Crippen LogP contribution in [0.25, 0.3) is 0 Å². The molecule has 0 aliphatic heterocycles. The molecule has 0 amide bonds. The Kier molecular flexibility index (Phi) is 3.44. The van der Waals surface area contributed by atoms with E-state index in [0.29, 0.717) is 12.0 Å². The first kappa shape index (κ1) is 9.42. The van der Waals surface area contributed by atoms with Gasteiger partial charge in [0.05, 0.1) is 0 Å². The number of rotatable bonds is 3. The van der Waals surface area contributed by atoms with Gasteiger partial charge in [0, 0.05) is 26.2 Å². The zero-order chi connectivity index (χ0) is 8.97. The normalized spacial score (nSPS) is 18.2. The maximum Gasteiger partial charge on any atom is 0.186 e. The molecule has 1 aliphatic carbocycles. The lowest BCUT2D eigenvalue weighted by atomic mass is 9.98. The highest BCUT2D eigenvalue weighted by Gasteiger charge is 2.21. The third kappa shape index (κ3) is 1.93. The van der Waals surface area contributed by atoms with Gasteiger partial charge in [-0.05, 0) is 12.8 Å². The van der Waals surface area contributed by atoms with E-state index in [2.05, 4.69) is 0 Å². The summed E-state index contributed by atoms with van der Waals surface area (Å²) in [5, 5.41) is 0. The largest absolute Gasteiger partial charge is 0.352 e. The molecule has 68 valence electrons.